The number of aryl methyl sites for hydroxylation is 1. The topological polar surface area (TPSA) is 110 Å². The normalized spacial score (nSPS) is 14.2. The van der Waals surface area contributed by atoms with Crippen LogP contribution in [0.2, 0.25) is 0 Å². The van der Waals surface area contributed by atoms with Crippen molar-refractivity contribution in [2.75, 3.05) is 39.3 Å². The number of amides is 1. The number of nitrogens with zero attached hydrogens (tertiary/aromatic N) is 5. The van der Waals surface area contributed by atoms with E-state index in [2.05, 4.69) is 47.4 Å². The van der Waals surface area contributed by atoms with Crippen molar-refractivity contribution in [1.29, 1.82) is 5.26 Å². The quantitative estimate of drug-likeness (QED) is 0.256. The Bertz CT molecular complexity index is 1250. The number of benzene rings is 1. The van der Waals surface area contributed by atoms with Crippen molar-refractivity contribution in [2.24, 2.45) is 0 Å². The Labute approximate surface area is 211 Å². The standard InChI is InChI=1S/C24H26IN7O2/c1-17-13-18(14-26)3-5-20(17)21-16-29-32(24(21)34)22-6-4-19(15-27-22)23(33)31-11-9-30(10-12-31)8-2-7-28-25/h3-6,13,15-16,28-29H,2,7-12H2,1H3. The van der Waals surface area contributed by atoms with E-state index in [-0.39, 0.29) is 11.5 Å². The van der Waals surface area contributed by atoms with E-state index >= 15 is 0 Å². The van der Waals surface area contributed by atoms with Crippen LogP contribution in [-0.4, -0.2) is 69.7 Å². The molecule has 10 heteroatoms. The van der Waals surface area contributed by atoms with Gasteiger partial charge in [0.2, 0.25) is 0 Å². The lowest BCUT2D eigenvalue weighted by atomic mass is 10.0. The number of nitrogens with one attached hydrogen (secondary N) is 2. The van der Waals surface area contributed by atoms with Gasteiger partial charge in [-0.3, -0.25) is 23.1 Å². The molecule has 3 aromatic rings. The minimum atomic E-state index is -0.242. The number of piperazine rings is 1. The Morgan fingerprint density at radius 2 is 2.00 bits per heavy atom. The molecule has 3 heterocycles. The first-order valence-electron chi connectivity index (χ1n) is 11.1. The van der Waals surface area contributed by atoms with Crippen LogP contribution in [-0.2, 0) is 0 Å². The van der Waals surface area contributed by atoms with E-state index in [9.17, 15) is 9.59 Å². The van der Waals surface area contributed by atoms with E-state index in [4.69, 9.17) is 5.26 Å². The maximum atomic E-state index is 13.0. The van der Waals surface area contributed by atoms with Crippen molar-refractivity contribution >= 4 is 28.8 Å². The zero-order chi connectivity index (χ0) is 24.1. The molecule has 2 N–H and O–H groups in total. The van der Waals surface area contributed by atoms with Gasteiger partial charge in [-0.25, -0.2) is 9.67 Å². The predicted molar refractivity (Wildman–Crippen MR) is 138 cm³/mol. The largest absolute Gasteiger partial charge is 0.336 e. The molecule has 176 valence electrons. The molecule has 4 rings (SSSR count). The summed E-state index contributed by atoms with van der Waals surface area (Å²) in [6.45, 7) is 7.01. The van der Waals surface area contributed by atoms with Gasteiger partial charge in [-0.1, -0.05) is 6.07 Å². The number of aromatic nitrogens is 3. The van der Waals surface area contributed by atoms with E-state index in [0.29, 0.717) is 35.6 Å². The van der Waals surface area contributed by atoms with Crippen LogP contribution in [0, 0.1) is 18.3 Å². The number of carbonyl (C=O) groups excluding carboxylic acids is 1. The van der Waals surface area contributed by atoms with E-state index in [1.54, 1.807) is 36.5 Å². The number of nitriles is 1. The van der Waals surface area contributed by atoms with Crippen LogP contribution >= 0.6 is 22.9 Å². The van der Waals surface area contributed by atoms with Gasteiger partial charge in [0.25, 0.3) is 11.5 Å². The minimum Gasteiger partial charge on any atom is -0.336 e. The summed E-state index contributed by atoms with van der Waals surface area (Å²) in [4.78, 5) is 34.5. The number of hydrogen-bond donors (Lipinski definition) is 2. The van der Waals surface area contributed by atoms with E-state index < -0.39 is 0 Å². The van der Waals surface area contributed by atoms with Gasteiger partial charge in [0, 0.05) is 68.0 Å². The number of carbonyl (C=O) groups is 1. The van der Waals surface area contributed by atoms with E-state index in [0.717, 1.165) is 43.7 Å². The monoisotopic (exact) mass is 571 g/mol. The molecule has 0 radical (unpaired) electrons. The van der Waals surface area contributed by atoms with Gasteiger partial charge >= 0.3 is 0 Å². The lowest BCUT2D eigenvalue weighted by Crippen LogP contribution is -2.49. The molecule has 1 aromatic carbocycles. The third kappa shape index (κ3) is 5.22. The van der Waals surface area contributed by atoms with Crippen molar-refractivity contribution < 1.29 is 4.79 Å². The molecule has 0 aliphatic carbocycles. The molecule has 1 aliphatic rings. The van der Waals surface area contributed by atoms with Gasteiger partial charge in [0.15, 0.2) is 5.82 Å². The van der Waals surface area contributed by atoms with Crippen LogP contribution < -0.4 is 9.09 Å². The summed E-state index contributed by atoms with van der Waals surface area (Å²) in [7, 11) is 0. The molecule has 1 fully saturated rings. The van der Waals surface area contributed by atoms with Crippen molar-refractivity contribution in [3.05, 3.63) is 69.8 Å². The van der Waals surface area contributed by atoms with Crippen molar-refractivity contribution in [2.45, 2.75) is 13.3 Å². The first-order valence-corrected chi connectivity index (χ1v) is 12.2. The van der Waals surface area contributed by atoms with Crippen LogP contribution in [0.4, 0.5) is 0 Å². The van der Waals surface area contributed by atoms with Crippen LogP contribution in [0.1, 0.15) is 27.9 Å². The number of hydrogen-bond acceptors (Lipinski definition) is 6. The zero-order valence-corrected chi connectivity index (χ0v) is 21.1. The second-order valence-electron chi connectivity index (χ2n) is 8.25. The summed E-state index contributed by atoms with van der Waals surface area (Å²) < 4.78 is 4.48. The Morgan fingerprint density at radius 3 is 2.65 bits per heavy atom. The maximum absolute atomic E-state index is 13.0. The highest BCUT2D eigenvalue weighted by molar-refractivity contribution is 14.1. The van der Waals surface area contributed by atoms with Gasteiger partial charge in [-0.05, 0) is 55.3 Å². The molecular weight excluding hydrogens is 545 g/mol. The van der Waals surface area contributed by atoms with Gasteiger partial charge in [0.1, 0.15) is 0 Å². The summed E-state index contributed by atoms with van der Waals surface area (Å²) >= 11 is 2.16. The lowest BCUT2D eigenvalue weighted by molar-refractivity contribution is 0.0636. The highest BCUT2D eigenvalue weighted by atomic mass is 127. The second kappa shape index (κ2) is 10.9. The Balaban J connectivity index is 1.44. The van der Waals surface area contributed by atoms with Gasteiger partial charge in [-0.15, -0.1) is 0 Å². The molecule has 0 saturated carbocycles. The Hall–Kier alpha value is -3.01. The molecule has 1 amide bonds. The van der Waals surface area contributed by atoms with Crippen molar-refractivity contribution in [3.8, 4) is 23.0 Å². The first-order chi connectivity index (χ1) is 16.5. The number of halogens is 1. The fourth-order valence-corrected chi connectivity index (χ4v) is 4.52. The molecular formula is C24H26IN7O2. The zero-order valence-electron chi connectivity index (χ0n) is 18.9. The van der Waals surface area contributed by atoms with E-state index in [1.807, 2.05) is 11.8 Å². The second-order valence-corrected chi connectivity index (χ2v) is 9.01. The Kier molecular flexibility index (Phi) is 7.77. The fourth-order valence-electron chi connectivity index (χ4n) is 4.14. The fraction of sp³-hybridized carbons (Fsp3) is 0.333. The summed E-state index contributed by atoms with van der Waals surface area (Å²) in [6.07, 6.45) is 4.25. The average molecular weight is 571 g/mol. The third-order valence-electron chi connectivity index (χ3n) is 6.05. The minimum absolute atomic E-state index is 0.0413. The molecule has 1 saturated heterocycles. The van der Waals surface area contributed by atoms with Gasteiger partial charge in [-0.2, -0.15) is 5.26 Å². The summed E-state index contributed by atoms with van der Waals surface area (Å²) in [6, 6.07) is 10.7. The van der Waals surface area contributed by atoms with Crippen LogP contribution in [0.25, 0.3) is 16.9 Å². The van der Waals surface area contributed by atoms with Crippen molar-refractivity contribution in [1.82, 2.24) is 28.1 Å². The molecule has 0 spiro atoms. The molecule has 9 nitrogen and oxygen atoms in total. The SMILES string of the molecule is Cc1cc(C#N)ccc1-c1c[nH]n(-c2ccc(C(=O)N3CCN(CCCNI)CC3)cn2)c1=O. The summed E-state index contributed by atoms with van der Waals surface area (Å²) in [5.41, 5.74) is 2.92. The first kappa shape index (κ1) is 24.1. The average Bonchev–Trinajstić information content (AvgIpc) is 3.25. The highest BCUT2D eigenvalue weighted by Crippen LogP contribution is 2.21. The molecule has 1 aliphatic heterocycles. The number of pyridine rings is 1. The molecule has 2 aromatic heterocycles. The third-order valence-corrected chi connectivity index (χ3v) is 6.59. The highest BCUT2D eigenvalue weighted by Gasteiger charge is 2.22. The van der Waals surface area contributed by atoms with Gasteiger partial charge in [0.05, 0.1) is 22.8 Å². The smallest absolute Gasteiger partial charge is 0.280 e. The number of H-pyrrole nitrogens is 1. The number of aromatic amines is 1. The summed E-state index contributed by atoms with van der Waals surface area (Å²) in [5.74, 6) is 0.369. The molecule has 0 unspecified atom stereocenters. The maximum Gasteiger partial charge on any atom is 0.280 e. The van der Waals surface area contributed by atoms with Crippen LogP contribution in [0.3, 0.4) is 0 Å². The lowest BCUT2D eigenvalue weighted by Gasteiger charge is -2.34. The molecule has 0 bridgehead atoms. The van der Waals surface area contributed by atoms with Crippen LogP contribution in [0.5, 0.6) is 0 Å². The molecule has 34 heavy (non-hydrogen) atoms. The Morgan fingerprint density at radius 1 is 1.21 bits per heavy atom. The van der Waals surface area contributed by atoms with Crippen molar-refractivity contribution in [3.63, 3.8) is 0 Å². The molecule has 0 atom stereocenters. The van der Waals surface area contributed by atoms with Gasteiger partial charge < -0.3 is 4.90 Å². The predicted octanol–water partition coefficient (Wildman–Crippen LogP) is 2.50. The van der Waals surface area contributed by atoms with E-state index in [1.165, 1.54) is 10.9 Å². The number of rotatable bonds is 7. The summed E-state index contributed by atoms with van der Waals surface area (Å²) in [5, 5.41) is 12.0. The van der Waals surface area contributed by atoms with Crippen LogP contribution in [0.15, 0.2) is 47.5 Å².